The van der Waals surface area contributed by atoms with Crippen LogP contribution in [0, 0.1) is 21.3 Å². The van der Waals surface area contributed by atoms with E-state index in [0.717, 1.165) is 18.7 Å². The molecule has 1 amide bonds. The summed E-state index contributed by atoms with van der Waals surface area (Å²) in [6.07, 6.45) is 0.661. The minimum atomic E-state index is -0.714. The summed E-state index contributed by atoms with van der Waals surface area (Å²) >= 11 is 0. The van der Waals surface area contributed by atoms with Gasteiger partial charge in [0.05, 0.1) is 16.4 Å². The standard InChI is InChI=1S/C12H14FN3O3/c1-12(4-5-14-7-12)11(17)15-9-3-2-8(13)6-10(9)16(18)19/h2-3,6,14H,4-5,7H2,1H3,(H,15,17). The molecule has 1 aliphatic rings. The van der Waals surface area contributed by atoms with Crippen molar-refractivity contribution in [1.29, 1.82) is 0 Å². The van der Waals surface area contributed by atoms with Gasteiger partial charge in [-0.05, 0) is 32.0 Å². The second-order valence-electron chi connectivity index (χ2n) is 4.86. The molecule has 1 fully saturated rings. The molecule has 102 valence electrons. The van der Waals surface area contributed by atoms with E-state index in [0.29, 0.717) is 13.0 Å². The van der Waals surface area contributed by atoms with E-state index < -0.39 is 21.8 Å². The molecule has 6 nitrogen and oxygen atoms in total. The topological polar surface area (TPSA) is 84.3 Å². The lowest BCUT2D eigenvalue weighted by molar-refractivity contribution is -0.384. The molecule has 1 unspecified atom stereocenters. The van der Waals surface area contributed by atoms with Crippen molar-refractivity contribution >= 4 is 17.3 Å². The summed E-state index contributed by atoms with van der Waals surface area (Å²) in [5.41, 5.74) is -1.02. The smallest absolute Gasteiger partial charge is 0.295 e. The monoisotopic (exact) mass is 267 g/mol. The van der Waals surface area contributed by atoms with E-state index in [2.05, 4.69) is 10.6 Å². The van der Waals surface area contributed by atoms with Crippen LogP contribution in [0.3, 0.4) is 0 Å². The van der Waals surface area contributed by atoms with Crippen LogP contribution in [0.5, 0.6) is 0 Å². The zero-order valence-corrected chi connectivity index (χ0v) is 10.4. The van der Waals surface area contributed by atoms with Gasteiger partial charge in [0.2, 0.25) is 5.91 Å². The molecule has 0 aromatic heterocycles. The lowest BCUT2D eigenvalue weighted by atomic mass is 9.88. The highest BCUT2D eigenvalue weighted by molar-refractivity contribution is 5.97. The van der Waals surface area contributed by atoms with Crippen molar-refractivity contribution in [2.45, 2.75) is 13.3 Å². The van der Waals surface area contributed by atoms with E-state index in [1.165, 1.54) is 6.07 Å². The maximum atomic E-state index is 13.0. The number of nitrogens with zero attached hydrogens (tertiary/aromatic N) is 1. The lowest BCUT2D eigenvalue weighted by Gasteiger charge is -2.21. The van der Waals surface area contributed by atoms with Crippen LogP contribution in [0.4, 0.5) is 15.8 Å². The fourth-order valence-corrected chi connectivity index (χ4v) is 2.05. The van der Waals surface area contributed by atoms with Crippen molar-refractivity contribution in [3.8, 4) is 0 Å². The van der Waals surface area contributed by atoms with E-state index in [1.54, 1.807) is 6.92 Å². The summed E-state index contributed by atoms with van der Waals surface area (Å²) < 4.78 is 13.0. The molecular formula is C12H14FN3O3. The Hall–Kier alpha value is -2.02. The SMILES string of the molecule is CC1(C(=O)Nc2ccc(F)cc2[N+](=O)[O-])CCNC1. The van der Waals surface area contributed by atoms with Gasteiger partial charge in [-0.1, -0.05) is 0 Å². The molecule has 1 aromatic carbocycles. The maximum absolute atomic E-state index is 13.0. The second-order valence-corrected chi connectivity index (χ2v) is 4.86. The molecule has 0 aliphatic carbocycles. The molecule has 7 heteroatoms. The number of hydrogen-bond donors (Lipinski definition) is 2. The number of carbonyl (C=O) groups excluding carboxylic acids is 1. The Bertz CT molecular complexity index is 527. The highest BCUT2D eigenvalue weighted by atomic mass is 19.1. The van der Waals surface area contributed by atoms with Crippen LogP contribution in [0.1, 0.15) is 13.3 Å². The van der Waals surface area contributed by atoms with E-state index in [-0.39, 0.29) is 11.6 Å². The number of anilines is 1. The molecule has 0 saturated carbocycles. The quantitative estimate of drug-likeness (QED) is 0.644. The zero-order chi connectivity index (χ0) is 14.0. The van der Waals surface area contributed by atoms with Crippen molar-refractivity contribution in [3.05, 3.63) is 34.1 Å². The van der Waals surface area contributed by atoms with Gasteiger partial charge in [0, 0.05) is 6.54 Å². The number of halogens is 1. The molecule has 2 N–H and O–H groups in total. The van der Waals surface area contributed by atoms with Gasteiger partial charge in [-0.3, -0.25) is 14.9 Å². The van der Waals surface area contributed by atoms with E-state index in [4.69, 9.17) is 0 Å². The van der Waals surface area contributed by atoms with Gasteiger partial charge in [0.25, 0.3) is 5.69 Å². The Morgan fingerprint density at radius 2 is 2.32 bits per heavy atom. The van der Waals surface area contributed by atoms with Gasteiger partial charge in [0.1, 0.15) is 11.5 Å². The summed E-state index contributed by atoms with van der Waals surface area (Å²) in [5, 5.41) is 16.4. The fraction of sp³-hybridized carbons (Fsp3) is 0.417. The first-order chi connectivity index (χ1) is 8.92. The Labute approximate surface area is 109 Å². The number of benzene rings is 1. The third-order valence-corrected chi connectivity index (χ3v) is 3.32. The van der Waals surface area contributed by atoms with Gasteiger partial charge in [0.15, 0.2) is 0 Å². The first kappa shape index (κ1) is 13.4. The van der Waals surface area contributed by atoms with Crippen LogP contribution in [-0.4, -0.2) is 23.9 Å². The van der Waals surface area contributed by atoms with Crippen LogP contribution in [-0.2, 0) is 4.79 Å². The van der Waals surface area contributed by atoms with Gasteiger partial charge in [-0.25, -0.2) is 4.39 Å². The Morgan fingerprint density at radius 3 is 2.89 bits per heavy atom. The van der Waals surface area contributed by atoms with Crippen LogP contribution in [0.15, 0.2) is 18.2 Å². The number of nitro benzene ring substituents is 1. The van der Waals surface area contributed by atoms with Gasteiger partial charge < -0.3 is 10.6 Å². The predicted octanol–water partition coefficient (Wildman–Crippen LogP) is 1.67. The fourth-order valence-electron chi connectivity index (χ4n) is 2.05. The summed E-state index contributed by atoms with van der Waals surface area (Å²) in [4.78, 5) is 22.2. The number of amides is 1. The van der Waals surface area contributed by atoms with Gasteiger partial charge >= 0.3 is 0 Å². The lowest BCUT2D eigenvalue weighted by Crippen LogP contribution is -2.35. The first-order valence-corrected chi connectivity index (χ1v) is 5.88. The number of nitro groups is 1. The predicted molar refractivity (Wildman–Crippen MR) is 67.3 cm³/mol. The first-order valence-electron chi connectivity index (χ1n) is 5.88. The zero-order valence-electron chi connectivity index (χ0n) is 10.4. The van der Waals surface area contributed by atoms with Gasteiger partial charge in [-0.15, -0.1) is 0 Å². The molecule has 2 rings (SSSR count). The van der Waals surface area contributed by atoms with E-state index in [1.807, 2.05) is 0 Å². The second kappa shape index (κ2) is 4.93. The Balaban J connectivity index is 2.23. The summed E-state index contributed by atoms with van der Waals surface area (Å²) in [7, 11) is 0. The molecular weight excluding hydrogens is 253 g/mol. The number of hydrogen-bond acceptors (Lipinski definition) is 4. The average molecular weight is 267 g/mol. The molecule has 1 saturated heterocycles. The van der Waals surface area contributed by atoms with Crippen molar-refractivity contribution in [1.82, 2.24) is 5.32 Å². The number of carbonyl (C=O) groups is 1. The molecule has 1 aliphatic heterocycles. The third-order valence-electron chi connectivity index (χ3n) is 3.32. The Morgan fingerprint density at radius 1 is 1.58 bits per heavy atom. The highest BCUT2D eigenvalue weighted by Gasteiger charge is 2.37. The third kappa shape index (κ3) is 2.70. The highest BCUT2D eigenvalue weighted by Crippen LogP contribution is 2.30. The largest absolute Gasteiger partial charge is 0.320 e. The number of rotatable bonds is 3. The van der Waals surface area contributed by atoms with Gasteiger partial charge in [-0.2, -0.15) is 0 Å². The average Bonchev–Trinajstić information content (AvgIpc) is 2.79. The molecule has 1 atom stereocenters. The van der Waals surface area contributed by atoms with Crippen LogP contribution in [0.2, 0.25) is 0 Å². The van der Waals surface area contributed by atoms with Crippen LogP contribution >= 0.6 is 0 Å². The van der Waals surface area contributed by atoms with Crippen LogP contribution < -0.4 is 10.6 Å². The van der Waals surface area contributed by atoms with Crippen molar-refractivity contribution in [3.63, 3.8) is 0 Å². The molecule has 0 bridgehead atoms. The van der Waals surface area contributed by atoms with Crippen molar-refractivity contribution < 1.29 is 14.1 Å². The Kier molecular flexibility index (Phi) is 3.48. The minimum Gasteiger partial charge on any atom is -0.320 e. The van der Waals surface area contributed by atoms with Crippen LogP contribution in [0.25, 0.3) is 0 Å². The molecule has 1 heterocycles. The normalized spacial score (nSPS) is 22.2. The number of nitrogens with one attached hydrogen (secondary N) is 2. The van der Waals surface area contributed by atoms with E-state index in [9.17, 15) is 19.3 Å². The molecule has 19 heavy (non-hydrogen) atoms. The molecule has 0 spiro atoms. The summed E-state index contributed by atoms with van der Waals surface area (Å²) in [6, 6.07) is 3.08. The minimum absolute atomic E-state index is 0.0181. The summed E-state index contributed by atoms with van der Waals surface area (Å²) in [5.74, 6) is -1.01. The maximum Gasteiger partial charge on any atom is 0.295 e. The van der Waals surface area contributed by atoms with E-state index >= 15 is 0 Å². The molecule has 1 aromatic rings. The van der Waals surface area contributed by atoms with Crippen molar-refractivity contribution in [2.24, 2.45) is 5.41 Å². The summed E-state index contributed by atoms with van der Waals surface area (Å²) in [6.45, 7) is 3.04. The van der Waals surface area contributed by atoms with Crippen molar-refractivity contribution in [2.75, 3.05) is 18.4 Å². The molecule has 0 radical (unpaired) electrons.